The van der Waals surface area contributed by atoms with Gasteiger partial charge in [-0.1, -0.05) is 46.3 Å². The van der Waals surface area contributed by atoms with Crippen LogP contribution in [-0.4, -0.2) is 21.9 Å². The van der Waals surface area contributed by atoms with Gasteiger partial charge in [-0.3, -0.25) is 0 Å². The Morgan fingerprint density at radius 2 is 1.79 bits per heavy atom. The lowest BCUT2D eigenvalue weighted by atomic mass is 9.73. The molecule has 0 aromatic rings. The van der Waals surface area contributed by atoms with Crippen molar-refractivity contribution >= 4 is 0 Å². The van der Waals surface area contributed by atoms with E-state index in [1.165, 1.54) is 0 Å². The second kappa shape index (κ2) is 4.94. The summed E-state index contributed by atoms with van der Waals surface area (Å²) in [5.41, 5.74) is -1.02. The van der Waals surface area contributed by atoms with Gasteiger partial charge in [0, 0.05) is 0 Å². The fraction of sp³-hybridized carbons (Fsp3) is 0.833. The Morgan fingerprint density at radius 1 is 1.29 bits per heavy atom. The summed E-state index contributed by atoms with van der Waals surface area (Å²) in [4.78, 5) is 0. The molecule has 2 nitrogen and oxygen atoms in total. The number of hydrogen-bond acceptors (Lipinski definition) is 2. The molecule has 0 fully saturated rings. The molecule has 2 atom stereocenters. The maximum absolute atomic E-state index is 10.4. The number of hydrogen-bond donors (Lipinski definition) is 2. The van der Waals surface area contributed by atoms with E-state index in [2.05, 4.69) is 0 Å². The van der Waals surface area contributed by atoms with Crippen molar-refractivity contribution in [1.82, 2.24) is 0 Å². The average Bonchev–Trinajstić information content (AvgIpc) is 1.99. The van der Waals surface area contributed by atoms with Crippen LogP contribution in [-0.2, 0) is 0 Å². The highest BCUT2D eigenvalue weighted by atomic mass is 16.3. The molecule has 0 radical (unpaired) electrons. The van der Waals surface area contributed by atoms with Gasteiger partial charge < -0.3 is 10.2 Å². The van der Waals surface area contributed by atoms with Crippen LogP contribution in [0.2, 0.25) is 0 Å². The summed E-state index contributed by atoms with van der Waals surface area (Å²) in [6.45, 7) is 9.76. The predicted octanol–water partition coefficient (Wildman–Crippen LogP) is 2.50. The summed E-state index contributed by atoms with van der Waals surface area (Å²) in [7, 11) is 0. The zero-order chi connectivity index (χ0) is 11.4. The minimum absolute atomic E-state index is 0.200. The molecular weight excluding hydrogens is 176 g/mol. The van der Waals surface area contributed by atoms with E-state index in [4.69, 9.17) is 5.11 Å². The highest BCUT2D eigenvalue weighted by molar-refractivity contribution is 5.08. The largest absolute Gasteiger partial charge is 0.389 e. The van der Waals surface area contributed by atoms with Crippen molar-refractivity contribution in [1.29, 1.82) is 0 Å². The molecule has 2 N–H and O–H groups in total. The Bertz CT molecular complexity index is 189. The Balaban J connectivity index is 4.73. The molecule has 2 heteroatoms. The quantitative estimate of drug-likeness (QED) is 0.684. The third-order valence-corrected chi connectivity index (χ3v) is 2.58. The molecule has 0 aliphatic carbocycles. The van der Waals surface area contributed by atoms with Crippen LogP contribution in [0.4, 0.5) is 0 Å². The smallest absolute Gasteiger partial charge is 0.0876 e. The van der Waals surface area contributed by atoms with Gasteiger partial charge in [-0.15, -0.1) is 0 Å². The lowest BCUT2D eigenvalue weighted by Gasteiger charge is -2.38. The zero-order valence-electron chi connectivity index (χ0n) is 10.0. The maximum atomic E-state index is 10.4. The average molecular weight is 200 g/mol. The molecule has 14 heavy (non-hydrogen) atoms. The molecule has 0 saturated carbocycles. The first-order chi connectivity index (χ1) is 6.23. The molecule has 0 saturated heterocycles. The van der Waals surface area contributed by atoms with Crippen molar-refractivity contribution in [3.05, 3.63) is 12.2 Å². The topological polar surface area (TPSA) is 40.5 Å². The predicted molar refractivity (Wildman–Crippen MR) is 60.1 cm³/mol. The van der Waals surface area contributed by atoms with E-state index in [1.54, 1.807) is 19.1 Å². The van der Waals surface area contributed by atoms with E-state index in [-0.39, 0.29) is 5.41 Å². The van der Waals surface area contributed by atoms with E-state index in [1.807, 2.05) is 27.7 Å². The van der Waals surface area contributed by atoms with Crippen LogP contribution in [0.15, 0.2) is 12.2 Å². The monoisotopic (exact) mass is 200 g/mol. The van der Waals surface area contributed by atoms with Gasteiger partial charge in [-0.2, -0.15) is 0 Å². The third kappa shape index (κ3) is 3.81. The van der Waals surface area contributed by atoms with Gasteiger partial charge in [0.1, 0.15) is 0 Å². The van der Waals surface area contributed by atoms with E-state index < -0.39 is 11.7 Å². The molecule has 0 spiro atoms. The Kier molecular flexibility index (Phi) is 4.82. The molecular formula is C12H24O2. The fourth-order valence-electron chi connectivity index (χ4n) is 1.39. The summed E-state index contributed by atoms with van der Waals surface area (Å²) in [6, 6.07) is 0. The van der Waals surface area contributed by atoms with Crippen LogP contribution in [0.1, 0.15) is 47.5 Å². The summed E-state index contributed by atoms with van der Waals surface area (Å²) >= 11 is 0. The molecule has 0 aromatic carbocycles. The SMILES string of the molecule is CCCC(O)(/C=C\C(C)O)C(C)(C)C. The lowest BCUT2D eigenvalue weighted by molar-refractivity contribution is -0.0220. The van der Waals surface area contributed by atoms with Crippen LogP contribution < -0.4 is 0 Å². The van der Waals surface area contributed by atoms with E-state index in [9.17, 15) is 5.11 Å². The van der Waals surface area contributed by atoms with Gasteiger partial charge in [-0.05, 0) is 18.8 Å². The number of rotatable bonds is 4. The summed E-state index contributed by atoms with van der Waals surface area (Å²) in [5, 5.41) is 19.6. The summed E-state index contributed by atoms with van der Waals surface area (Å²) in [5.74, 6) is 0. The van der Waals surface area contributed by atoms with Gasteiger partial charge in [-0.25, -0.2) is 0 Å². The van der Waals surface area contributed by atoms with Gasteiger partial charge in [0.2, 0.25) is 0 Å². The molecule has 0 bridgehead atoms. The minimum Gasteiger partial charge on any atom is -0.389 e. The summed E-state index contributed by atoms with van der Waals surface area (Å²) < 4.78 is 0. The second-order valence-corrected chi connectivity index (χ2v) is 5.02. The Morgan fingerprint density at radius 3 is 2.07 bits per heavy atom. The molecule has 0 aliphatic rings. The first-order valence-corrected chi connectivity index (χ1v) is 5.33. The molecule has 0 heterocycles. The highest BCUT2D eigenvalue weighted by Crippen LogP contribution is 2.35. The Hall–Kier alpha value is -0.340. The normalized spacial score (nSPS) is 19.6. The Labute approximate surface area is 87.7 Å². The number of aliphatic hydroxyl groups is 2. The van der Waals surface area contributed by atoms with Crippen molar-refractivity contribution in [2.24, 2.45) is 5.41 Å². The molecule has 84 valence electrons. The molecule has 0 rings (SSSR count). The van der Waals surface area contributed by atoms with Crippen LogP contribution >= 0.6 is 0 Å². The first-order valence-electron chi connectivity index (χ1n) is 5.33. The van der Waals surface area contributed by atoms with Gasteiger partial charge in [0.15, 0.2) is 0 Å². The molecule has 2 unspecified atom stereocenters. The van der Waals surface area contributed by atoms with Crippen molar-refractivity contribution in [2.75, 3.05) is 0 Å². The third-order valence-electron chi connectivity index (χ3n) is 2.58. The van der Waals surface area contributed by atoms with E-state index >= 15 is 0 Å². The van der Waals surface area contributed by atoms with Gasteiger partial charge >= 0.3 is 0 Å². The van der Waals surface area contributed by atoms with E-state index in [0.29, 0.717) is 0 Å². The first kappa shape index (κ1) is 13.7. The van der Waals surface area contributed by atoms with Crippen molar-refractivity contribution in [3.8, 4) is 0 Å². The molecule has 0 aromatic heterocycles. The van der Waals surface area contributed by atoms with E-state index in [0.717, 1.165) is 12.8 Å². The lowest BCUT2D eigenvalue weighted by Crippen LogP contribution is -2.41. The standard InChI is InChI=1S/C12H24O2/c1-6-8-12(14,11(3,4)5)9-7-10(2)13/h7,9-10,13-14H,6,8H2,1-5H3/b9-7-. The number of aliphatic hydroxyl groups excluding tert-OH is 1. The van der Waals surface area contributed by atoms with Gasteiger partial charge in [0.05, 0.1) is 11.7 Å². The van der Waals surface area contributed by atoms with Crippen LogP contribution in [0, 0.1) is 5.41 Å². The van der Waals surface area contributed by atoms with Gasteiger partial charge in [0.25, 0.3) is 0 Å². The minimum atomic E-state index is -0.821. The van der Waals surface area contributed by atoms with Crippen molar-refractivity contribution in [2.45, 2.75) is 59.2 Å². The van der Waals surface area contributed by atoms with Crippen molar-refractivity contribution in [3.63, 3.8) is 0 Å². The molecule has 0 aliphatic heterocycles. The summed E-state index contributed by atoms with van der Waals surface area (Å²) in [6.07, 6.45) is 4.54. The zero-order valence-corrected chi connectivity index (χ0v) is 10.0. The fourth-order valence-corrected chi connectivity index (χ4v) is 1.39. The van der Waals surface area contributed by atoms with Crippen molar-refractivity contribution < 1.29 is 10.2 Å². The van der Waals surface area contributed by atoms with Crippen LogP contribution in [0.25, 0.3) is 0 Å². The highest BCUT2D eigenvalue weighted by Gasteiger charge is 2.36. The van der Waals surface area contributed by atoms with Crippen LogP contribution in [0.5, 0.6) is 0 Å². The molecule has 0 amide bonds. The van der Waals surface area contributed by atoms with Crippen LogP contribution in [0.3, 0.4) is 0 Å². The second-order valence-electron chi connectivity index (χ2n) is 5.02. The maximum Gasteiger partial charge on any atom is 0.0876 e.